The van der Waals surface area contributed by atoms with Crippen molar-refractivity contribution in [2.24, 2.45) is 0 Å². The first-order valence-electron chi connectivity index (χ1n) is 8.74. The fourth-order valence-electron chi connectivity index (χ4n) is 3.29. The van der Waals surface area contributed by atoms with Gasteiger partial charge in [-0.15, -0.1) is 0 Å². The Kier molecular flexibility index (Phi) is 4.62. The Balaban J connectivity index is 1.52. The van der Waals surface area contributed by atoms with Crippen LogP contribution < -0.4 is 15.1 Å². The normalized spacial score (nSPS) is 14.0. The lowest BCUT2D eigenvalue weighted by Gasteiger charge is -2.14. The SMILES string of the molecule is CC(Oc1ccc(Cl)cc1)C(=O)Oc1ccc2c3c(c(=O)oc2c1)CCC3. The summed E-state index contributed by atoms with van der Waals surface area (Å²) in [6, 6.07) is 11.8. The number of halogens is 1. The lowest BCUT2D eigenvalue weighted by atomic mass is 10.1. The van der Waals surface area contributed by atoms with Gasteiger partial charge in [0.1, 0.15) is 17.1 Å². The van der Waals surface area contributed by atoms with Crippen molar-refractivity contribution in [2.75, 3.05) is 0 Å². The average Bonchev–Trinajstić information content (AvgIpc) is 3.14. The molecule has 27 heavy (non-hydrogen) atoms. The summed E-state index contributed by atoms with van der Waals surface area (Å²) in [4.78, 5) is 24.4. The monoisotopic (exact) mass is 384 g/mol. The first kappa shape index (κ1) is 17.6. The molecule has 3 aromatic rings. The zero-order valence-electron chi connectivity index (χ0n) is 14.7. The standard InChI is InChI=1S/C21H17ClO5/c1-12(25-14-7-5-13(22)6-8-14)20(23)26-15-9-10-17-16-3-2-4-18(16)21(24)27-19(17)11-15/h5-12H,2-4H2,1H3. The van der Waals surface area contributed by atoms with Crippen molar-refractivity contribution in [1.82, 2.24) is 0 Å². The second-order valence-corrected chi connectivity index (χ2v) is 6.93. The minimum atomic E-state index is -0.811. The van der Waals surface area contributed by atoms with Crippen molar-refractivity contribution in [3.8, 4) is 11.5 Å². The molecule has 0 N–H and O–H groups in total. The fraction of sp³-hybridized carbons (Fsp3) is 0.238. The number of carbonyl (C=O) groups is 1. The molecule has 1 unspecified atom stereocenters. The highest BCUT2D eigenvalue weighted by Gasteiger charge is 2.21. The van der Waals surface area contributed by atoms with Gasteiger partial charge in [0.25, 0.3) is 0 Å². The van der Waals surface area contributed by atoms with Crippen molar-refractivity contribution in [3.63, 3.8) is 0 Å². The fourth-order valence-corrected chi connectivity index (χ4v) is 3.42. The van der Waals surface area contributed by atoms with Crippen LogP contribution in [0.5, 0.6) is 11.5 Å². The van der Waals surface area contributed by atoms with Crippen LogP contribution in [0.2, 0.25) is 5.02 Å². The number of hydrogen-bond acceptors (Lipinski definition) is 5. The molecular weight excluding hydrogens is 368 g/mol. The van der Waals surface area contributed by atoms with Crippen LogP contribution in [0.3, 0.4) is 0 Å². The van der Waals surface area contributed by atoms with Crippen LogP contribution >= 0.6 is 11.6 Å². The topological polar surface area (TPSA) is 65.7 Å². The predicted molar refractivity (Wildman–Crippen MR) is 102 cm³/mol. The molecule has 1 heterocycles. The van der Waals surface area contributed by atoms with Gasteiger partial charge >= 0.3 is 11.6 Å². The molecule has 2 aromatic carbocycles. The molecule has 0 amide bonds. The van der Waals surface area contributed by atoms with Gasteiger partial charge in [0.15, 0.2) is 6.10 Å². The van der Waals surface area contributed by atoms with Crippen LogP contribution in [0.25, 0.3) is 11.0 Å². The lowest BCUT2D eigenvalue weighted by molar-refractivity contribution is -0.141. The highest BCUT2D eigenvalue weighted by molar-refractivity contribution is 6.30. The summed E-state index contributed by atoms with van der Waals surface area (Å²) in [6.45, 7) is 1.60. The van der Waals surface area contributed by atoms with E-state index in [2.05, 4.69) is 0 Å². The van der Waals surface area contributed by atoms with E-state index in [0.29, 0.717) is 22.1 Å². The number of rotatable bonds is 4. The quantitative estimate of drug-likeness (QED) is 0.381. The number of aryl methyl sites for hydroxylation is 1. The number of fused-ring (bicyclic) bond motifs is 3. The van der Waals surface area contributed by atoms with Gasteiger partial charge in [-0.1, -0.05) is 11.6 Å². The zero-order chi connectivity index (χ0) is 19.0. The van der Waals surface area contributed by atoms with Crippen molar-refractivity contribution < 1.29 is 18.7 Å². The molecule has 4 rings (SSSR count). The van der Waals surface area contributed by atoms with Gasteiger partial charge in [0.05, 0.1) is 0 Å². The van der Waals surface area contributed by atoms with E-state index in [1.54, 1.807) is 43.3 Å². The number of carbonyl (C=O) groups excluding carboxylic acids is 1. The molecule has 138 valence electrons. The Bertz CT molecular complexity index is 1070. The highest BCUT2D eigenvalue weighted by atomic mass is 35.5. The molecule has 0 saturated carbocycles. The molecule has 0 radical (unpaired) electrons. The summed E-state index contributed by atoms with van der Waals surface area (Å²) in [5.41, 5.74) is 1.92. The Morgan fingerprint density at radius 3 is 2.56 bits per heavy atom. The van der Waals surface area contributed by atoms with Crippen molar-refractivity contribution in [2.45, 2.75) is 32.3 Å². The van der Waals surface area contributed by atoms with Crippen LogP contribution in [-0.2, 0) is 17.6 Å². The van der Waals surface area contributed by atoms with Crippen LogP contribution in [0.1, 0.15) is 24.5 Å². The minimum absolute atomic E-state index is 0.306. The zero-order valence-corrected chi connectivity index (χ0v) is 15.4. The van der Waals surface area contributed by atoms with Crippen LogP contribution in [-0.4, -0.2) is 12.1 Å². The second kappa shape index (κ2) is 7.08. The third kappa shape index (κ3) is 3.55. The summed E-state index contributed by atoms with van der Waals surface area (Å²) in [5.74, 6) is 0.275. The van der Waals surface area contributed by atoms with Crippen LogP contribution in [0.15, 0.2) is 51.7 Å². The third-order valence-corrected chi connectivity index (χ3v) is 4.87. The molecule has 1 atom stereocenters. The number of esters is 1. The van der Waals surface area contributed by atoms with E-state index in [0.717, 1.165) is 35.8 Å². The molecule has 0 fully saturated rings. The van der Waals surface area contributed by atoms with Crippen molar-refractivity contribution >= 4 is 28.5 Å². The van der Waals surface area contributed by atoms with Gasteiger partial charge in [0.2, 0.25) is 0 Å². The molecule has 1 aliphatic carbocycles. The predicted octanol–water partition coefficient (Wildman–Crippen LogP) is 4.31. The maximum atomic E-state index is 12.3. The summed E-state index contributed by atoms with van der Waals surface area (Å²) < 4.78 is 16.4. The van der Waals surface area contributed by atoms with Gasteiger partial charge in [0, 0.05) is 22.0 Å². The van der Waals surface area contributed by atoms with Crippen molar-refractivity contribution in [1.29, 1.82) is 0 Å². The molecule has 0 aliphatic heterocycles. The Labute approximate surface area is 160 Å². The molecule has 1 aromatic heterocycles. The first-order chi connectivity index (χ1) is 13.0. The summed E-state index contributed by atoms with van der Waals surface area (Å²) in [5, 5.41) is 1.48. The maximum absolute atomic E-state index is 12.3. The number of hydrogen-bond donors (Lipinski definition) is 0. The van der Waals surface area contributed by atoms with E-state index >= 15 is 0 Å². The first-order valence-corrected chi connectivity index (χ1v) is 9.11. The van der Waals surface area contributed by atoms with Gasteiger partial charge in [-0.05, 0) is 68.1 Å². The van der Waals surface area contributed by atoms with Gasteiger partial charge in [-0.3, -0.25) is 0 Å². The summed E-state index contributed by atoms with van der Waals surface area (Å²) in [6.07, 6.45) is 1.76. The van der Waals surface area contributed by atoms with E-state index in [4.69, 9.17) is 25.5 Å². The van der Waals surface area contributed by atoms with E-state index in [-0.39, 0.29) is 5.63 Å². The van der Waals surface area contributed by atoms with E-state index in [9.17, 15) is 9.59 Å². The Morgan fingerprint density at radius 1 is 1.07 bits per heavy atom. The molecule has 5 nitrogen and oxygen atoms in total. The van der Waals surface area contributed by atoms with Gasteiger partial charge in [-0.25, -0.2) is 9.59 Å². The van der Waals surface area contributed by atoms with E-state index in [1.807, 2.05) is 6.07 Å². The van der Waals surface area contributed by atoms with Crippen LogP contribution in [0, 0.1) is 0 Å². The number of ether oxygens (including phenoxy) is 2. The molecule has 1 aliphatic rings. The lowest BCUT2D eigenvalue weighted by Crippen LogP contribution is -2.28. The molecule has 6 heteroatoms. The molecule has 0 spiro atoms. The van der Waals surface area contributed by atoms with E-state index < -0.39 is 12.1 Å². The minimum Gasteiger partial charge on any atom is -0.479 e. The maximum Gasteiger partial charge on any atom is 0.352 e. The van der Waals surface area contributed by atoms with Crippen molar-refractivity contribution in [3.05, 3.63) is 69.0 Å². The summed E-state index contributed by atoms with van der Waals surface area (Å²) in [7, 11) is 0. The summed E-state index contributed by atoms with van der Waals surface area (Å²) >= 11 is 5.83. The number of benzene rings is 2. The Hall–Kier alpha value is -2.79. The van der Waals surface area contributed by atoms with E-state index in [1.165, 1.54) is 0 Å². The molecule has 0 bridgehead atoms. The van der Waals surface area contributed by atoms with Gasteiger partial charge < -0.3 is 13.9 Å². The third-order valence-electron chi connectivity index (χ3n) is 4.62. The highest BCUT2D eigenvalue weighted by Crippen LogP contribution is 2.29. The average molecular weight is 385 g/mol. The van der Waals surface area contributed by atoms with Gasteiger partial charge in [-0.2, -0.15) is 0 Å². The molecular formula is C21H17ClO5. The largest absolute Gasteiger partial charge is 0.479 e. The molecule has 0 saturated heterocycles. The second-order valence-electron chi connectivity index (χ2n) is 6.49. The van der Waals surface area contributed by atoms with Crippen LogP contribution in [0.4, 0.5) is 0 Å². The Morgan fingerprint density at radius 2 is 1.78 bits per heavy atom. The smallest absolute Gasteiger partial charge is 0.352 e.